The van der Waals surface area contributed by atoms with Crippen LogP contribution in [-0.4, -0.2) is 25.3 Å². The fourth-order valence-corrected chi connectivity index (χ4v) is 2.34. The molecule has 0 spiro atoms. The number of carbonyl (C=O) groups is 3. The summed E-state index contributed by atoms with van der Waals surface area (Å²) in [5.74, 6) is -0.597. The van der Waals surface area contributed by atoms with Crippen molar-refractivity contribution in [2.45, 2.75) is 13.2 Å². The maximum Gasteiger partial charge on any atom is 0.533 e. The number of amides is 2. The van der Waals surface area contributed by atoms with Crippen LogP contribution in [0.25, 0.3) is 0 Å². The second kappa shape index (κ2) is 9.28. The van der Waals surface area contributed by atoms with Gasteiger partial charge in [0, 0.05) is 17.0 Å². The number of hydroxylamine groups is 1. The number of nitrogens with one attached hydrogen (secondary N) is 2. The Hall–Kier alpha value is -3.07. The van der Waals surface area contributed by atoms with Crippen LogP contribution in [0.1, 0.15) is 20.8 Å². The van der Waals surface area contributed by atoms with Crippen LogP contribution in [0, 0.1) is 0 Å². The van der Waals surface area contributed by atoms with Gasteiger partial charge in [0.15, 0.2) is 0 Å². The molecule has 0 saturated heterocycles. The van der Waals surface area contributed by atoms with Crippen molar-refractivity contribution >= 4 is 29.5 Å². The summed E-state index contributed by atoms with van der Waals surface area (Å²) < 4.78 is 9.30. The van der Waals surface area contributed by atoms with Gasteiger partial charge in [-0.05, 0) is 29.1 Å². The molecule has 1 heterocycles. The number of carbonyl (C=O) groups excluding carboxylic acids is 3. The molecule has 0 atom stereocenters. The Kier molecular flexibility index (Phi) is 6.78. The Morgan fingerprint density at radius 2 is 1.88 bits per heavy atom. The Labute approximate surface area is 147 Å². The lowest BCUT2D eigenvalue weighted by atomic mass is 10.1. The van der Waals surface area contributed by atoms with E-state index in [0.29, 0.717) is 0 Å². The van der Waals surface area contributed by atoms with E-state index in [9.17, 15) is 14.4 Å². The highest BCUT2D eigenvalue weighted by atomic mass is 32.1. The molecule has 0 radical (unpaired) electrons. The van der Waals surface area contributed by atoms with Crippen LogP contribution >= 0.6 is 11.3 Å². The minimum atomic E-state index is -1.02. The number of ether oxygens (including phenoxy) is 2. The SMILES string of the molecule is COC(=O)ONC(=O)c1ccc(CNC(=O)OCc2cccs2)cc1. The summed E-state index contributed by atoms with van der Waals surface area (Å²) in [7, 11) is 1.13. The molecule has 0 aliphatic heterocycles. The summed E-state index contributed by atoms with van der Waals surface area (Å²) in [6, 6.07) is 10.1. The van der Waals surface area contributed by atoms with Crippen molar-refractivity contribution in [2.24, 2.45) is 0 Å². The van der Waals surface area contributed by atoms with E-state index in [-0.39, 0.29) is 18.7 Å². The molecule has 0 saturated carbocycles. The number of benzene rings is 1. The molecule has 0 aliphatic carbocycles. The van der Waals surface area contributed by atoms with Crippen LogP contribution in [0.15, 0.2) is 41.8 Å². The molecule has 0 bridgehead atoms. The first kappa shape index (κ1) is 18.3. The van der Waals surface area contributed by atoms with Gasteiger partial charge in [-0.15, -0.1) is 11.3 Å². The van der Waals surface area contributed by atoms with Crippen molar-refractivity contribution in [3.63, 3.8) is 0 Å². The number of methoxy groups -OCH3 is 1. The first-order valence-corrected chi connectivity index (χ1v) is 8.03. The van der Waals surface area contributed by atoms with Crippen molar-refractivity contribution < 1.29 is 28.7 Å². The van der Waals surface area contributed by atoms with E-state index in [0.717, 1.165) is 17.6 Å². The summed E-state index contributed by atoms with van der Waals surface area (Å²) in [5.41, 5.74) is 3.01. The largest absolute Gasteiger partial charge is 0.533 e. The van der Waals surface area contributed by atoms with E-state index < -0.39 is 18.2 Å². The Bertz CT molecular complexity index is 715. The van der Waals surface area contributed by atoms with E-state index in [1.54, 1.807) is 12.1 Å². The van der Waals surface area contributed by atoms with Gasteiger partial charge in [-0.2, -0.15) is 5.48 Å². The fourth-order valence-electron chi connectivity index (χ4n) is 1.72. The van der Waals surface area contributed by atoms with E-state index >= 15 is 0 Å². The van der Waals surface area contributed by atoms with Crippen molar-refractivity contribution in [2.75, 3.05) is 7.11 Å². The van der Waals surface area contributed by atoms with Crippen LogP contribution in [0.2, 0.25) is 0 Å². The van der Waals surface area contributed by atoms with Crippen molar-refractivity contribution in [3.8, 4) is 0 Å². The first-order chi connectivity index (χ1) is 12.1. The Morgan fingerprint density at radius 3 is 2.52 bits per heavy atom. The third kappa shape index (κ3) is 6.15. The smallest absolute Gasteiger partial charge is 0.444 e. The zero-order valence-electron chi connectivity index (χ0n) is 13.3. The summed E-state index contributed by atoms with van der Waals surface area (Å²) in [6.45, 7) is 0.479. The fraction of sp³-hybridized carbons (Fsp3) is 0.188. The monoisotopic (exact) mass is 364 g/mol. The molecule has 2 rings (SSSR count). The second-order valence-corrected chi connectivity index (χ2v) is 5.73. The molecular weight excluding hydrogens is 348 g/mol. The van der Waals surface area contributed by atoms with Gasteiger partial charge < -0.3 is 19.6 Å². The lowest BCUT2D eigenvalue weighted by Gasteiger charge is -2.07. The molecule has 2 aromatic rings. The zero-order chi connectivity index (χ0) is 18.1. The van der Waals surface area contributed by atoms with E-state index in [4.69, 9.17) is 4.74 Å². The van der Waals surface area contributed by atoms with Gasteiger partial charge in [-0.1, -0.05) is 18.2 Å². The van der Waals surface area contributed by atoms with Crippen molar-refractivity contribution in [1.82, 2.24) is 10.8 Å². The molecule has 0 fully saturated rings. The zero-order valence-corrected chi connectivity index (χ0v) is 14.1. The van der Waals surface area contributed by atoms with E-state index in [1.165, 1.54) is 23.5 Å². The minimum Gasteiger partial charge on any atom is -0.444 e. The topological polar surface area (TPSA) is 103 Å². The molecule has 0 aliphatic rings. The van der Waals surface area contributed by atoms with Crippen LogP contribution in [0.5, 0.6) is 0 Å². The van der Waals surface area contributed by atoms with Crippen molar-refractivity contribution in [1.29, 1.82) is 0 Å². The van der Waals surface area contributed by atoms with E-state index in [1.807, 2.05) is 23.0 Å². The highest BCUT2D eigenvalue weighted by Crippen LogP contribution is 2.09. The Morgan fingerprint density at radius 1 is 1.12 bits per heavy atom. The average Bonchev–Trinajstić information content (AvgIpc) is 3.16. The molecular formula is C16H16N2O6S. The summed E-state index contributed by atoms with van der Waals surface area (Å²) >= 11 is 1.51. The highest BCUT2D eigenvalue weighted by Gasteiger charge is 2.09. The molecule has 8 nitrogen and oxygen atoms in total. The third-order valence-corrected chi connectivity index (χ3v) is 3.82. The number of alkyl carbamates (subject to hydrolysis) is 1. The van der Waals surface area contributed by atoms with Gasteiger partial charge in [-0.3, -0.25) is 4.79 Å². The second-order valence-electron chi connectivity index (χ2n) is 4.69. The molecule has 1 aromatic heterocycles. The van der Waals surface area contributed by atoms with Gasteiger partial charge in [-0.25, -0.2) is 9.59 Å². The molecule has 2 amide bonds. The number of hydrogen-bond donors (Lipinski definition) is 2. The van der Waals surface area contributed by atoms with Crippen LogP contribution in [0.3, 0.4) is 0 Å². The van der Waals surface area contributed by atoms with Crippen LogP contribution in [-0.2, 0) is 27.5 Å². The average molecular weight is 364 g/mol. The predicted molar refractivity (Wildman–Crippen MR) is 88.7 cm³/mol. The number of thiophene rings is 1. The van der Waals surface area contributed by atoms with Crippen LogP contribution < -0.4 is 10.8 Å². The Balaban J connectivity index is 1.74. The molecule has 25 heavy (non-hydrogen) atoms. The van der Waals surface area contributed by atoms with Crippen LogP contribution in [0.4, 0.5) is 9.59 Å². The van der Waals surface area contributed by atoms with Gasteiger partial charge in [0.1, 0.15) is 6.61 Å². The highest BCUT2D eigenvalue weighted by molar-refractivity contribution is 7.09. The molecule has 2 N–H and O–H groups in total. The van der Waals surface area contributed by atoms with Crippen molar-refractivity contribution in [3.05, 3.63) is 57.8 Å². The molecule has 0 unspecified atom stereocenters. The third-order valence-electron chi connectivity index (χ3n) is 2.97. The number of hydrogen-bond acceptors (Lipinski definition) is 7. The quantitative estimate of drug-likeness (QED) is 0.624. The number of rotatable bonds is 5. The normalized spacial score (nSPS) is 9.80. The van der Waals surface area contributed by atoms with Gasteiger partial charge in [0.2, 0.25) is 0 Å². The summed E-state index contributed by atoms with van der Waals surface area (Å²) in [4.78, 5) is 39.4. The maximum atomic E-state index is 11.7. The standard InChI is InChI=1S/C16H16N2O6S/c1-22-16(21)24-18-14(19)12-6-4-11(5-7-12)9-17-15(20)23-10-13-3-2-8-25-13/h2-8H,9-10H2,1H3,(H,17,20)(H,18,19). The summed E-state index contributed by atoms with van der Waals surface area (Å²) in [6.07, 6.45) is -1.54. The summed E-state index contributed by atoms with van der Waals surface area (Å²) in [5, 5.41) is 4.52. The molecule has 1 aromatic carbocycles. The minimum absolute atomic E-state index is 0.225. The molecule has 9 heteroatoms. The lowest BCUT2D eigenvalue weighted by Crippen LogP contribution is -2.27. The maximum absolute atomic E-state index is 11.7. The lowest BCUT2D eigenvalue weighted by molar-refractivity contribution is 0.0255. The molecule has 132 valence electrons. The van der Waals surface area contributed by atoms with Gasteiger partial charge >= 0.3 is 12.2 Å². The van der Waals surface area contributed by atoms with Gasteiger partial charge in [0.25, 0.3) is 5.91 Å². The predicted octanol–water partition coefficient (Wildman–Crippen LogP) is 2.60. The van der Waals surface area contributed by atoms with Gasteiger partial charge in [0.05, 0.1) is 7.11 Å². The van der Waals surface area contributed by atoms with E-state index in [2.05, 4.69) is 14.9 Å². The first-order valence-electron chi connectivity index (χ1n) is 7.15.